The molecular formula is C11H16N2O4S. The number of hydrogen-bond donors (Lipinski definition) is 2. The van der Waals surface area contributed by atoms with Crippen LogP contribution in [-0.2, 0) is 10.0 Å². The second kappa shape index (κ2) is 4.75. The third-order valence-corrected chi connectivity index (χ3v) is 4.83. The van der Waals surface area contributed by atoms with Gasteiger partial charge in [0, 0.05) is 19.2 Å². The first-order chi connectivity index (χ1) is 8.45. The van der Waals surface area contributed by atoms with Crippen molar-refractivity contribution < 1.29 is 18.3 Å². The summed E-state index contributed by atoms with van der Waals surface area (Å²) in [6.07, 6.45) is -0.124. The predicted molar refractivity (Wildman–Crippen MR) is 66.8 cm³/mol. The number of ether oxygens (including phenoxy) is 1. The van der Waals surface area contributed by atoms with Crippen molar-refractivity contribution in [2.75, 3.05) is 25.9 Å². The molecule has 1 aliphatic heterocycles. The zero-order chi connectivity index (χ0) is 13.3. The van der Waals surface area contributed by atoms with E-state index in [1.165, 1.54) is 29.6 Å². The molecule has 1 saturated heterocycles. The Hall–Kier alpha value is -1.31. The van der Waals surface area contributed by atoms with Crippen LogP contribution in [0, 0.1) is 0 Å². The number of anilines is 1. The summed E-state index contributed by atoms with van der Waals surface area (Å²) in [6.45, 7) is 0.464. The number of rotatable bonds is 3. The van der Waals surface area contributed by atoms with E-state index in [9.17, 15) is 13.5 Å². The second-order valence-electron chi connectivity index (χ2n) is 4.21. The van der Waals surface area contributed by atoms with E-state index in [2.05, 4.69) is 0 Å². The molecule has 1 aliphatic rings. The molecule has 1 aromatic carbocycles. The maximum absolute atomic E-state index is 12.3. The number of nitrogens with zero attached hydrogens (tertiary/aromatic N) is 1. The lowest BCUT2D eigenvalue weighted by Gasteiger charge is -2.16. The normalized spacial score (nSPS) is 21.1. The Morgan fingerprint density at radius 3 is 2.78 bits per heavy atom. The van der Waals surface area contributed by atoms with Crippen molar-refractivity contribution in [3.8, 4) is 5.75 Å². The van der Waals surface area contributed by atoms with Gasteiger partial charge in [-0.25, -0.2) is 8.42 Å². The van der Waals surface area contributed by atoms with Crippen LogP contribution in [0.25, 0.3) is 0 Å². The summed E-state index contributed by atoms with van der Waals surface area (Å²) in [5.74, 6) is 0.329. The van der Waals surface area contributed by atoms with Gasteiger partial charge in [-0.3, -0.25) is 0 Å². The summed E-state index contributed by atoms with van der Waals surface area (Å²) < 4.78 is 30.8. The highest BCUT2D eigenvalue weighted by atomic mass is 32.2. The number of aliphatic hydroxyl groups excluding tert-OH is 1. The van der Waals surface area contributed by atoms with Crippen molar-refractivity contribution >= 4 is 15.7 Å². The molecule has 0 radical (unpaired) electrons. The molecule has 0 aromatic heterocycles. The number of hydrogen-bond acceptors (Lipinski definition) is 5. The van der Waals surface area contributed by atoms with Crippen LogP contribution in [-0.4, -0.2) is 44.1 Å². The number of methoxy groups -OCH3 is 1. The molecule has 18 heavy (non-hydrogen) atoms. The van der Waals surface area contributed by atoms with E-state index < -0.39 is 16.1 Å². The Morgan fingerprint density at radius 2 is 2.22 bits per heavy atom. The van der Waals surface area contributed by atoms with Crippen LogP contribution < -0.4 is 10.5 Å². The molecule has 1 aromatic rings. The van der Waals surface area contributed by atoms with E-state index in [4.69, 9.17) is 10.5 Å². The van der Waals surface area contributed by atoms with Gasteiger partial charge >= 0.3 is 0 Å². The minimum absolute atomic E-state index is 0.127. The second-order valence-corrected chi connectivity index (χ2v) is 6.15. The molecule has 0 amide bonds. The van der Waals surface area contributed by atoms with Gasteiger partial charge in [-0.05, 0) is 18.6 Å². The fourth-order valence-corrected chi connectivity index (χ4v) is 3.44. The van der Waals surface area contributed by atoms with Gasteiger partial charge in [0.05, 0.1) is 23.8 Å². The smallest absolute Gasteiger partial charge is 0.243 e. The molecule has 0 spiro atoms. The van der Waals surface area contributed by atoms with E-state index in [0.29, 0.717) is 24.4 Å². The molecule has 1 heterocycles. The van der Waals surface area contributed by atoms with Crippen molar-refractivity contribution in [1.82, 2.24) is 4.31 Å². The van der Waals surface area contributed by atoms with Gasteiger partial charge in [0.15, 0.2) is 0 Å². The van der Waals surface area contributed by atoms with Crippen molar-refractivity contribution in [3.63, 3.8) is 0 Å². The van der Waals surface area contributed by atoms with E-state index in [1.54, 1.807) is 0 Å². The summed E-state index contributed by atoms with van der Waals surface area (Å²) in [4.78, 5) is 0.127. The number of aliphatic hydroxyl groups is 1. The molecule has 1 fully saturated rings. The Bertz CT molecular complexity index is 544. The number of benzene rings is 1. The SMILES string of the molecule is COc1cc(S(=O)(=O)N2CCC(O)C2)ccc1N. The molecular weight excluding hydrogens is 256 g/mol. The highest BCUT2D eigenvalue weighted by molar-refractivity contribution is 7.89. The lowest BCUT2D eigenvalue weighted by Crippen LogP contribution is -2.29. The van der Waals surface area contributed by atoms with Gasteiger partial charge in [0.2, 0.25) is 10.0 Å². The zero-order valence-corrected chi connectivity index (χ0v) is 10.9. The van der Waals surface area contributed by atoms with Crippen LogP contribution in [0.1, 0.15) is 6.42 Å². The third-order valence-electron chi connectivity index (χ3n) is 2.97. The minimum Gasteiger partial charge on any atom is -0.495 e. The summed E-state index contributed by atoms with van der Waals surface area (Å²) >= 11 is 0. The molecule has 0 saturated carbocycles. The third kappa shape index (κ3) is 2.29. The molecule has 3 N–H and O–H groups in total. The Morgan fingerprint density at radius 1 is 1.50 bits per heavy atom. The van der Waals surface area contributed by atoms with Gasteiger partial charge in [0.25, 0.3) is 0 Å². The molecule has 2 rings (SSSR count). The highest BCUT2D eigenvalue weighted by Gasteiger charge is 2.31. The molecule has 0 bridgehead atoms. The quantitative estimate of drug-likeness (QED) is 0.757. The lowest BCUT2D eigenvalue weighted by atomic mass is 10.3. The summed E-state index contributed by atoms with van der Waals surface area (Å²) in [7, 11) is -2.15. The predicted octanol–water partition coefficient (Wildman–Crippen LogP) is 0.0327. The molecule has 1 atom stereocenters. The van der Waals surface area contributed by atoms with Gasteiger partial charge in [0.1, 0.15) is 5.75 Å². The summed E-state index contributed by atoms with van der Waals surface area (Å²) in [6, 6.07) is 4.34. The van der Waals surface area contributed by atoms with Crippen LogP contribution in [0.2, 0.25) is 0 Å². The van der Waals surface area contributed by atoms with Crippen molar-refractivity contribution in [2.24, 2.45) is 0 Å². The number of sulfonamides is 1. The molecule has 6 nitrogen and oxygen atoms in total. The van der Waals surface area contributed by atoms with E-state index in [1.807, 2.05) is 0 Å². The fourth-order valence-electron chi connectivity index (χ4n) is 1.93. The zero-order valence-electron chi connectivity index (χ0n) is 10.0. The minimum atomic E-state index is -3.58. The summed E-state index contributed by atoms with van der Waals surface area (Å²) in [5, 5.41) is 9.40. The maximum Gasteiger partial charge on any atom is 0.243 e. The average Bonchev–Trinajstić information content (AvgIpc) is 2.77. The van der Waals surface area contributed by atoms with E-state index in [-0.39, 0.29) is 11.4 Å². The van der Waals surface area contributed by atoms with Crippen LogP contribution in [0.5, 0.6) is 5.75 Å². The number of nitrogen functional groups attached to an aromatic ring is 1. The first kappa shape index (κ1) is 13.1. The molecule has 100 valence electrons. The van der Waals surface area contributed by atoms with Gasteiger partial charge in [-0.1, -0.05) is 0 Å². The summed E-state index contributed by atoms with van der Waals surface area (Å²) in [5.41, 5.74) is 6.03. The standard InChI is InChI=1S/C11H16N2O4S/c1-17-11-6-9(2-3-10(11)12)18(15,16)13-5-4-8(14)7-13/h2-3,6,8,14H,4-5,7,12H2,1H3. The van der Waals surface area contributed by atoms with Crippen LogP contribution in [0.3, 0.4) is 0 Å². The topological polar surface area (TPSA) is 92.9 Å². The Balaban J connectivity index is 2.35. The van der Waals surface area contributed by atoms with Gasteiger partial charge in [-0.15, -0.1) is 0 Å². The Labute approximate surface area is 106 Å². The largest absolute Gasteiger partial charge is 0.495 e. The van der Waals surface area contributed by atoms with Crippen molar-refractivity contribution in [3.05, 3.63) is 18.2 Å². The Kier molecular flexibility index (Phi) is 3.47. The van der Waals surface area contributed by atoms with Crippen LogP contribution in [0.4, 0.5) is 5.69 Å². The first-order valence-corrected chi connectivity index (χ1v) is 7.01. The number of β-amino-alcohol motifs (C(OH)–C–C–N with tert-alkyl or cyclic N) is 1. The maximum atomic E-state index is 12.3. The van der Waals surface area contributed by atoms with Crippen molar-refractivity contribution in [1.29, 1.82) is 0 Å². The molecule has 0 aliphatic carbocycles. The van der Waals surface area contributed by atoms with E-state index >= 15 is 0 Å². The fraction of sp³-hybridized carbons (Fsp3) is 0.455. The van der Waals surface area contributed by atoms with Gasteiger partial charge < -0.3 is 15.6 Å². The van der Waals surface area contributed by atoms with Gasteiger partial charge in [-0.2, -0.15) is 4.31 Å². The lowest BCUT2D eigenvalue weighted by molar-refractivity contribution is 0.189. The van der Waals surface area contributed by atoms with Crippen LogP contribution in [0.15, 0.2) is 23.1 Å². The molecule has 1 unspecified atom stereocenters. The number of nitrogens with two attached hydrogens (primary N) is 1. The first-order valence-electron chi connectivity index (χ1n) is 5.57. The van der Waals surface area contributed by atoms with Crippen molar-refractivity contribution in [2.45, 2.75) is 17.4 Å². The van der Waals surface area contributed by atoms with E-state index in [0.717, 1.165) is 0 Å². The average molecular weight is 272 g/mol. The highest BCUT2D eigenvalue weighted by Crippen LogP contribution is 2.28. The molecule has 7 heteroatoms. The van der Waals surface area contributed by atoms with Crippen LogP contribution >= 0.6 is 0 Å². The monoisotopic (exact) mass is 272 g/mol.